The Labute approximate surface area is 164 Å². The summed E-state index contributed by atoms with van der Waals surface area (Å²) < 4.78 is 0. The Morgan fingerprint density at radius 3 is 2.37 bits per heavy atom. The molecule has 3 aromatic rings. The van der Waals surface area contributed by atoms with Crippen molar-refractivity contribution in [1.82, 2.24) is 10.3 Å². The molecule has 2 aromatic carbocycles. The lowest BCUT2D eigenvalue weighted by atomic mass is 10.1. The number of aromatic nitrogens is 1. The molecule has 1 heterocycles. The minimum atomic E-state index is -0.138. The van der Waals surface area contributed by atoms with Gasteiger partial charge in [0.05, 0.1) is 17.4 Å². The first-order valence-corrected chi connectivity index (χ1v) is 9.20. The molecular weight excluding hydrogens is 358 g/mol. The van der Waals surface area contributed by atoms with E-state index in [0.29, 0.717) is 17.1 Å². The zero-order chi connectivity index (χ0) is 19.2. The predicted molar refractivity (Wildman–Crippen MR) is 111 cm³/mol. The fraction of sp³-hybridized carbons (Fsp3) is 0.182. The van der Waals surface area contributed by atoms with Crippen LogP contribution in [0.1, 0.15) is 27.0 Å². The van der Waals surface area contributed by atoms with Gasteiger partial charge < -0.3 is 10.6 Å². The summed E-state index contributed by atoms with van der Waals surface area (Å²) in [6.07, 6.45) is 4.03. The summed E-state index contributed by atoms with van der Waals surface area (Å²) in [5.74, 6) is -0.138. The number of benzene rings is 2. The first kappa shape index (κ1) is 18.9. The third-order valence-electron chi connectivity index (χ3n) is 4.12. The molecule has 138 valence electrons. The van der Waals surface area contributed by atoms with Gasteiger partial charge in [-0.25, -0.2) is 0 Å². The van der Waals surface area contributed by atoms with E-state index in [4.69, 9.17) is 11.6 Å². The number of nitrogens with one attached hydrogen (secondary N) is 2. The van der Waals surface area contributed by atoms with Gasteiger partial charge in [-0.05, 0) is 67.3 Å². The van der Waals surface area contributed by atoms with Gasteiger partial charge in [0, 0.05) is 23.5 Å². The third kappa shape index (κ3) is 5.56. The highest BCUT2D eigenvalue weighted by Crippen LogP contribution is 2.19. The molecule has 0 fully saturated rings. The molecule has 0 spiro atoms. The Bertz CT molecular complexity index is 918. The van der Waals surface area contributed by atoms with E-state index in [1.807, 2.05) is 30.3 Å². The van der Waals surface area contributed by atoms with E-state index in [0.717, 1.165) is 23.4 Å². The van der Waals surface area contributed by atoms with Crippen molar-refractivity contribution in [2.75, 3.05) is 11.9 Å². The number of hydrogen-bond acceptors (Lipinski definition) is 3. The minimum absolute atomic E-state index is 0.138. The molecule has 1 aromatic heterocycles. The number of pyridine rings is 1. The maximum absolute atomic E-state index is 12.4. The molecule has 0 aliphatic rings. The van der Waals surface area contributed by atoms with Crippen LogP contribution in [0.3, 0.4) is 0 Å². The van der Waals surface area contributed by atoms with Crippen molar-refractivity contribution in [2.45, 2.75) is 20.3 Å². The van der Waals surface area contributed by atoms with Crippen LogP contribution in [0.25, 0.3) is 0 Å². The Balaban J connectivity index is 1.60. The number of amides is 1. The molecule has 0 saturated heterocycles. The highest BCUT2D eigenvalue weighted by Gasteiger charge is 2.07. The Morgan fingerprint density at radius 2 is 1.67 bits per heavy atom. The van der Waals surface area contributed by atoms with Gasteiger partial charge in [-0.15, -0.1) is 0 Å². The molecule has 0 atom stereocenters. The normalized spacial score (nSPS) is 10.5. The second-order valence-corrected chi connectivity index (χ2v) is 7.03. The average Bonchev–Trinajstić information content (AvgIpc) is 2.62. The van der Waals surface area contributed by atoms with Crippen molar-refractivity contribution < 1.29 is 4.79 Å². The molecule has 2 N–H and O–H groups in total. The number of hydrogen-bond donors (Lipinski definition) is 2. The van der Waals surface area contributed by atoms with Crippen molar-refractivity contribution in [1.29, 1.82) is 0 Å². The minimum Gasteiger partial charge on any atom is -0.354 e. The molecule has 0 aliphatic heterocycles. The second kappa shape index (κ2) is 8.69. The Morgan fingerprint density at radius 1 is 0.963 bits per heavy atom. The van der Waals surface area contributed by atoms with Crippen LogP contribution in [-0.4, -0.2) is 17.4 Å². The summed E-state index contributed by atoms with van der Waals surface area (Å²) >= 11 is 5.88. The van der Waals surface area contributed by atoms with Crippen LogP contribution in [0.5, 0.6) is 0 Å². The van der Waals surface area contributed by atoms with Gasteiger partial charge in [-0.3, -0.25) is 9.78 Å². The second-order valence-electron chi connectivity index (χ2n) is 6.60. The summed E-state index contributed by atoms with van der Waals surface area (Å²) in [5, 5.41) is 6.95. The summed E-state index contributed by atoms with van der Waals surface area (Å²) in [6.45, 7) is 4.66. The Kier molecular flexibility index (Phi) is 6.09. The molecule has 27 heavy (non-hydrogen) atoms. The van der Waals surface area contributed by atoms with Gasteiger partial charge in [0.1, 0.15) is 0 Å². The number of carbonyl (C=O) groups is 1. The Hall–Kier alpha value is -2.85. The van der Waals surface area contributed by atoms with Crippen molar-refractivity contribution in [3.8, 4) is 0 Å². The highest BCUT2D eigenvalue weighted by molar-refractivity contribution is 6.30. The fourth-order valence-corrected chi connectivity index (χ4v) is 3.05. The van der Waals surface area contributed by atoms with Crippen LogP contribution >= 0.6 is 11.6 Å². The summed E-state index contributed by atoms with van der Waals surface area (Å²) in [7, 11) is 0. The smallest absolute Gasteiger partial charge is 0.252 e. The van der Waals surface area contributed by atoms with E-state index in [1.54, 1.807) is 12.4 Å². The van der Waals surface area contributed by atoms with Crippen molar-refractivity contribution >= 4 is 28.9 Å². The average molecular weight is 380 g/mol. The monoisotopic (exact) mass is 379 g/mol. The van der Waals surface area contributed by atoms with E-state index >= 15 is 0 Å². The highest BCUT2D eigenvalue weighted by atomic mass is 35.5. The number of nitrogens with zero attached hydrogens (tertiary/aromatic N) is 1. The first-order valence-electron chi connectivity index (χ1n) is 8.82. The first-order chi connectivity index (χ1) is 13.0. The van der Waals surface area contributed by atoms with E-state index in [9.17, 15) is 4.79 Å². The van der Waals surface area contributed by atoms with Crippen LogP contribution < -0.4 is 10.6 Å². The van der Waals surface area contributed by atoms with Gasteiger partial charge in [0.2, 0.25) is 0 Å². The van der Waals surface area contributed by atoms with Gasteiger partial charge in [0.25, 0.3) is 5.91 Å². The number of rotatable bonds is 6. The zero-order valence-electron chi connectivity index (χ0n) is 15.4. The molecule has 3 rings (SSSR count). The number of carbonyl (C=O) groups excluding carboxylic acids is 1. The molecule has 5 heteroatoms. The van der Waals surface area contributed by atoms with Gasteiger partial charge in [-0.1, -0.05) is 29.8 Å². The fourth-order valence-electron chi connectivity index (χ4n) is 2.92. The van der Waals surface area contributed by atoms with E-state index in [1.165, 1.54) is 11.1 Å². The molecule has 0 radical (unpaired) electrons. The van der Waals surface area contributed by atoms with Crippen molar-refractivity contribution in [2.24, 2.45) is 0 Å². The predicted octanol–water partition coefficient (Wildman–Crippen LogP) is 5.07. The van der Waals surface area contributed by atoms with Gasteiger partial charge in [0.15, 0.2) is 0 Å². The number of halogens is 1. The lowest BCUT2D eigenvalue weighted by molar-refractivity contribution is 0.0954. The standard InChI is InChI=1S/C22H22ClN3O/c1-15-9-16(2)11-20(10-15)26-21-12-18(13-24-14-21)22(27)25-8-7-17-3-5-19(23)6-4-17/h3-6,9-14,26H,7-8H2,1-2H3,(H,25,27). The molecular formula is C22H22ClN3O. The molecule has 4 nitrogen and oxygen atoms in total. The largest absolute Gasteiger partial charge is 0.354 e. The van der Waals surface area contributed by atoms with E-state index in [2.05, 4.69) is 47.7 Å². The lowest BCUT2D eigenvalue weighted by Gasteiger charge is -2.10. The van der Waals surface area contributed by atoms with Crippen LogP contribution in [0, 0.1) is 13.8 Å². The molecule has 0 unspecified atom stereocenters. The van der Waals surface area contributed by atoms with Crippen LogP contribution in [-0.2, 0) is 6.42 Å². The molecule has 0 bridgehead atoms. The topological polar surface area (TPSA) is 54.0 Å². The van der Waals surface area contributed by atoms with Crippen LogP contribution in [0.4, 0.5) is 11.4 Å². The molecule has 0 saturated carbocycles. The van der Waals surface area contributed by atoms with Crippen molar-refractivity contribution in [3.63, 3.8) is 0 Å². The number of anilines is 2. The zero-order valence-corrected chi connectivity index (χ0v) is 16.2. The van der Waals surface area contributed by atoms with Gasteiger partial charge in [-0.2, -0.15) is 0 Å². The van der Waals surface area contributed by atoms with Crippen molar-refractivity contribution in [3.05, 3.63) is 88.2 Å². The van der Waals surface area contributed by atoms with E-state index in [-0.39, 0.29) is 5.91 Å². The summed E-state index contributed by atoms with van der Waals surface area (Å²) in [6, 6.07) is 15.7. The molecule has 0 aliphatic carbocycles. The van der Waals surface area contributed by atoms with Crippen LogP contribution in [0.15, 0.2) is 60.9 Å². The summed E-state index contributed by atoms with van der Waals surface area (Å²) in [4.78, 5) is 16.6. The SMILES string of the molecule is Cc1cc(C)cc(Nc2cncc(C(=O)NCCc3ccc(Cl)cc3)c2)c1. The van der Waals surface area contributed by atoms with Gasteiger partial charge >= 0.3 is 0 Å². The molecule has 1 amide bonds. The summed E-state index contributed by atoms with van der Waals surface area (Å²) in [5.41, 5.74) is 5.78. The quantitative estimate of drug-likeness (QED) is 0.628. The maximum Gasteiger partial charge on any atom is 0.252 e. The maximum atomic E-state index is 12.4. The van der Waals surface area contributed by atoms with Crippen LogP contribution in [0.2, 0.25) is 5.02 Å². The third-order valence-corrected chi connectivity index (χ3v) is 4.38. The number of aryl methyl sites for hydroxylation is 2. The van der Waals surface area contributed by atoms with E-state index < -0.39 is 0 Å². The lowest BCUT2D eigenvalue weighted by Crippen LogP contribution is -2.25.